The maximum atomic E-state index is 12.6. The molecular formula is C14H21BrClN3O. The second-order valence-corrected chi connectivity index (χ2v) is 6.46. The van der Waals surface area contributed by atoms with Gasteiger partial charge >= 0.3 is 0 Å². The molecule has 6 heteroatoms. The van der Waals surface area contributed by atoms with Gasteiger partial charge in [-0.05, 0) is 60.3 Å². The smallest absolute Gasteiger partial charge is 0.270 e. The summed E-state index contributed by atoms with van der Waals surface area (Å²) in [6.45, 7) is 6.89. The highest BCUT2D eigenvalue weighted by Gasteiger charge is 2.35. The standard InChI is InChI=1S/C14H20BrN3O.ClH/c1-2-17-9-12(15)5-13(17)14(19)18-4-3-10-6-16-7-11(10)8-18;/h5,9-11,16H,2-4,6-8H2,1H3;1H. The third-order valence-corrected chi connectivity index (χ3v) is 4.85. The predicted molar refractivity (Wildman–Crippen MR) is 85.4 cm³/mol. The van der Waals surface area contributed by atoms with E-state index >= 15 is 0 Å². The van der Waals surface area contributed by atoms with Crippen molar-refractivity contribution in [1.82, 2.24) is 14.8 Å². The number of piperidine rings is 1. The van der Waals surface area contributed by atoms with Crippen LogP contribution < -0.4 is 5.32 Å². The van der Waals surface area contributed by atoms with Gasteiger partial charge in [0, 0.05) is 30.3 Å². The van der Waals surface area contributed by atoms with Crippen LogP contribution >= 0.6 is 28.3 Å². The van der Waals surface area contributed by atoms with E-state index in [-0.39, 0.29) is 18.3 Å². The number of carbonyl (C=O) groups excluding carboxylic acids is 1. The molecule has 0 aromatic carbocycles. The summed E-state index contributed by atoms with van der Waals surface area (Å²) in [6, 6.07) is 1.94. The van der Waals surface area contributed by atoms with Crippen molar-refractivity contribution in [3.63, 3.8) is 0 Å². The van der Waals surface area contributed by atoms with Crippen LogP contribution in [0.5, 0.6) is 0 Å². The Bertz CT molecular complexity index is 491. The van der Waals surface area contributed by atoms with Crippen LogP contribution in [0.3, 0.4) is 0 Å². The Balaban J connectivity index is 0.00000147. The Kier molecular flexibility index (Phi) is 5.15. The van der Waals surface area contributed by atoms with E-state index in [0.29, 0.717) is 5.92 Å². The van der Waals surface area contributed by atoms with Crippen LogP contribution in [0, 0.1) is 11.8 Å². The van der Waals surface area contributed by atoms with Crippen LogP contribution in [0.15, 0.2) is 16.7 Å². The number of likely N-dealkylation sites (tertiary alicyclic amines) is 1. The minimum atomic E-state index is 0. The summed E-state index contributed by atoms with van der Waals surface area (Å²) >= 11 is 3.46. The normalized spacial score (nSPS) is 25.2. The molecule has 4 nitrogen and oxygen atoms in total. The van der Waals surface area contributed by atoms with Crippen molar-refractivity contribution in [3.05, 3.63) is 22.4 Å². The lowest BCUT2D eigenvalue weighted by Crippen LogP contribution is -2.44. The molecule has 2 aliphatic rings. The third-order valence-electron chi connectivity index (χ3n) is 4.41. The molecule has 0 saturated carbocycles. The lowest BCUT2D eigenvalue weighted by molar-refractivity contribution is 0.0632. The van der Waals surface area contributed by atoms with E-state index < -0.39 is 0 Å². The maximum absolute atomic E-state index is 12.6. The number of hydrogen-bond acceptors (Lipinski definition) is 2. The molecule has 1 amide bonds. The van der Waals surface area contributed by atoms with E-state index in [1.165, 1.54) is 0 Å². The van der Waals surface area contributed by atoms with Gasteiger partial charge in [0.1, 0.15) is 5.69 Å². The minimum absolute atomic E-state index is 0. The van der Waals surface area contributed by atoms with Gasteiger partial charge in [-0.2, -0.15) is 0 Å². The summed E-state index contributed by atoms with van der Waals surface area (Å²) in [5.41, 5.74) is 0.804. The molecule has 2 fully saturated rings. The van der Waals surface area contributed by atoms with Gasteiger partial charge in [-0.1, -0.05) is 0 Å². The first kappa shape index (κ1) is 15.9. The second kappa shape index (κ2) is 6.50. The molecule has 1 aromatic heterocycles. The topological polar surface area (TPSA) is 37.3 Å². The summed E-state index contributed by atoms with van der Waals surface area (Å²) in [5.74, 6) is 1.60. The quantitative estimate of drug-likeness (QED) is 0.877. The first-order valence-electron chi connectivity index (χ1n) is 7.04. The number of carbonyl (C=O) groups is 1. The number of hydrogen-bond donors (Lipinski definition) is 1. The number of nitrogens with one attached hydrogen (secondary N) is 1. The molecule has 0 radical (unpaired) electrons. The van der Waals surface area contributed by atoms with Crippen molar-refractivity contribution in [2.75, 3.05) is 26.2 Å². The Morgan fingerprint density at radius 2 is 2.20 bits per heavy atom. The van der Waals surface area contributed by atoms with Crippen molar-refractivity contribution in [2.45, 2.75) is 19.9 Å². The van der Waals surface area contributed by atoms with Crippen LogP contribution in [-0.4, -0.2) is 41.6 Å². The van der Waals surface area contributed by atoms with Gasteiger partial charge in [-0.25, -0.2) is 0 Å². The number of rotatable bonds is 2. The monoisotopic (exact) mass is 361 g/mol. The van der Waals surface area contributed by atoms with Crippen molar-refractivity contribution in [3.8, 4) is 0 Å². The molecule has 0 spiro atoms. The lowest BCUT2D eigenvalue weighted by Gasteiger charge is -2.34. The average molecular weight is 363 g/mol. The van der Waals surface area contributed by atoms with Gasteiger partial charge in [0.15, 0.2) is 0 Å². The SMILES string of the molecule is CCn1cc(Br)cc1C(=O)N1CCC2CNCC2C1.Cl. The number of aromatic nitrogens is 1. The van der Waals surface area contributed by atoms with Gasteiger partial charge in [-0.3, -0.25) is 4.79 Å². The number of aryl methyl sites for hydroxylation is 1. The zero-order chi connectivity index (χ0) is 13.4. The van der Waals surface area contributed by atoms with Gasteiger partial charge in [0.2, 0.25) is 0 Å². The largest absolute Gasteiger partial charge is 0.343 e. The predicted octanol–water partition coefficient (Wildman–Crippen LogP) is 2.37. The Morgan fingerprint density at radius 1 is 1.45 bits per heavy atom. The second-order valence-electron chi connectivity index (χ2n) is 5.55. The van der Waals surface area contributed by atoms with Gasteiger partial charge in [-0.15, -0.1) is 12.4 Å². The summed E-state index contributed by atoms with van der Waals surface area (Å²) in [7, 11) is 0. The van der Waals surface area contributed by atoms with E-state index in [1.54, 1.807) is 0 Å². The summed E-state index contributed by atoms with van der Waals surface area (Å²) < 4.78 is 3.00. The van der Waals surface area contributed by atoms with Gasteiger partial charge < -0.3 is 14.8 Å². The summed E-state index contributed by atoms with van der Waals surface area (Å²) in [5, 5.41) is 3.44. The zero-order valence-corrected chi connectivity index (χ0v) is 14.0. The Morgan fingerprint density at radius 3 is 2.95 bits per heavy atom. The van der Waals surface area contributed by atoms with E-state index in [1.807, 2.05) is 21.7 Å². The van der Waals surface area contributed by atoms with E-state index in [0.717, 1.165) is 55.2 Å². The van der Waals surface area contributed by atoms with Crippen LogP contribution in [0.1, 0.15) is 23.8 Å². The number of nitrogens with zero attached hydrogens (tertiary/aromatic N) is 2. The highest BCUT2D eigenvalue weighted by atomic mass is 79.9. The molecule has 20 heavy (non-hydrogen) atoms. The van der Waals surface area contributed by atoms with Crippen LogP contribution in [0.25, 0.3) is 0 Å². The van der Waals surface area contributed by atoms with Crippen LogP contribution in [-0.2, 0) is 6.54 Å². The van der Waals surface area contributed by atoms with Crippen molar-refractivity contribution >= 4 is 34.2 Å². The van der Waals surface area contributed by atoms with Crippen LogP contribution in [0.4, 0.5) is 0 Å². The fraction of sp³-hybridized carbons (Fsp3) is 0.643. The Hall–Kier alpha value is -0.520. The number of amides is 1. The molecule has 0 bridgehead atoms. The minimum Gasteiger partial charge on any atom is -0.343 e. The van der Waals surface area contributed by atoms with Gasteiger partial charge in [0.05, 0.1) is 0 Å². The highest BCUT2D eigenvalue weighted by molar-refractivity contribution is 9.10. The van der Waals surface area contributed by atoms with Crippen LogP contribution in [0.2, 0.25) is 0 Å². The fourth-order valence-electron chi connectivity index (χ4n) is 3.30. The molecule has 3 rings (SSSR count). The Labute approximate surface area is 134 Å². The summed E-state index contributed by atoms with van der Waals surface area (Å²) in [6.07, 6.45) is 3.12. The van der Waals surface area contributed by atoms with E-state index in [9.17, 15) is 4.79 Å². The molecule has 1 aromatic rings. The van der Waals surface area contributed by atoms with E-state index in [2.05, 4.69) is 28.2 Å². The molecule has 2 saturated heterocycles. The molecule has 1 N–H and O–H groups in total. The molecule has 2 unspecified atom stereocenters. The molecule has 2 atom stereocenters. The molecule has 0 aliphatic carbocycles. The number of halogens is 2. The number of fused-ring (bicyclic) bond motifs is 1. The van der Waals surface area contributed by atoms with Crippen molar-refractivity contribution in [1.29, 1.82) is 0 Å². The third kappa shape index (κ3) is 2.90. The van der Waals surface area contributed by atoms with E-state index in [4.69, 9.17) is 0 Å². The fourth-order valence-corrected chi connectivity index (χ4v) is 3.76. The lowest BCUT2D eigenvalue weighted by atomic mass is 9.88. The highest BCUT2D eigenvalue weighted by Crippen LogP contribution is 2.28. The van der Waals surface area contributed by atoms with Gasteiger partial charge in [0.25, 0.3) is 5.91 Å². The molecular weight excluding hydrogens is 342 g/mol. The molecule has 3 heterocycles. The molecule has 112 valence electrons. The van der Waals surface area contributed by atoms with Crippen molar-refractivity contribution < 1.29 is 4.79 Å². The average Bonchev–Trinajstić information content (AvgIpc) is 3.02. The first-order valence-corrected chi connectivity index (χ1v) is 7.84. The maximum Gasteiger partial charge on any atom is 0.270 e. The van der Waals surface area contributed by atoms with Crippen molar-refractivity contribution in [2.24, 2.45) is 11.8 Å². The first-order chi connectivity index (χ1) is 9.19. The zero-order valence-electron chi connectivity index (χ0n) is 11.6. The molecule has 2 aliphatic heterocycles. The summed E-state index contributed by atoms with van der Waals surface area (Å²) in [4.78, 5) is 14.7.